The zero-order valence-electron chi connectivity index (χ0n) is 8.17. The van der Waals surface area contributed by atoms with E-state index in [2.05, 4.69) is 51.9 Å². The highest BCUT2D eigenvalue weighted by atomic mass is 79.9. The van der Waals surface area contributed by atoms with Gasteiger partial charge in [-0.25, -0.2) is 0 Å². The molecule has 1 aromatic rings. The van der Waals surface area contributed by atoms with E-state index in [1.165, 1.54) is 31.4 Å². The molecule has 0 heterocycles. The van der Waals surface area contributed by atoms with Crippen LogP contribution in [0, 0.1) is 6.42 Å². The fourth-order valence-corrected chi connectivity index (χ4v) is 2.29. The van der Waals surface area contributed by atoms with Crippen LogP contribution in [-0.2, 0) is 0 Å². The smallest absolute Gasteiger partial charge is 0.0353 e. The molecular formula is C12H15BrN. The van der Waals surface area contributed by atoms with E-state index in [1.807, 2.05) is 0 Å². The van der Waals surface area contributed by atoms with Crippen LogP contribution in [0.2, 0.25) is 0 Å². The van der Waals surface area contributed by atoms with Crippen LogP contribution in [0.3, 0.4) is 0 Å². The molecule has 14 heavy (non-hydrogen) atoms. The molecule has 0 aliphatic heterocycles. The van der Waals surface area contributed by atoms with Crippen LogP contribution in [0.15, 0.2) is 28.7 Å². The van der Waals surface area contributed by atoms with E-state index in [1.54, 1.807) is 0 Å². The molecule has 0 bridgehead atoms. The van der Waals surface area contributed by atoms with Crippen molar-refractivity contribution in [1.29, 1.82) is 0 Å². The lowest BCUT2D eigenvalue weighted by molar-refractivity contribution is 0.539. The molecule has 1 atom stereocenters. The molecule has 0 amide bonds. The highest BCUT2D eigenvalue weighted by Crippen LogP contribution is 2.22. The standard InChI is InChI=1S/C12H15BrN/c13-10-5-4-8-12(9-10)14-11-6-2-1-3-7-11/h2,4-5,8-9,11,14H,1,3,6-7H2. The first-order chi connectivity index (χ1) is 6.84. The van der Waals surface area contributed by atoms with Crippen LogP contribution >= 0.6 is 15.9 Å². The van der Waals surface area contributed by atoms with Gasteiger partial charge in [-0.3, -0.25) is 0 Å². The second-order valence-electron chi connectivity index (χ2n) is 3.81. The molecule has 1 unspecified atom stereocenters. The Hall–Kier alpha value is -0.500. The monoisotopic (exact) mass is 252 g/mol. The second-order valence-corrected chi connectivity index (χ2v) is 4.72. The minimum Gasteiger partial charge on any atom is -0.382 e. The molecule has 75 valence electrons. The van der Waals surface area contributed by atoms with Gasteiger partial charge < -0.3 is 5.32 Å². The van der Waals surface area contributed by atoms with Gasteiger partial charge in [0.15, 0.2) is 0 Å². The number of hydrogen-bond acceptors (Lipinski definition) is 1. The summed E-state index contributed by atoms with van der Waals surface area (Å²) in [6.07, 6.45) is 7.50. The zero-order valence-corrected chi connectivity index (χ0v) is 9.76. The summed E-state index contributed by atoms with van der Waals surface area (Å²) in [6.45, 7) is 0. The quantitative estimate of drug-likeness (QED) is 0.839. The van der Waals surface area contributed by atoms with E-state index in [0.29, 0.717) is 6.04 Å². The van der Waals surface area contributed by atoms with Crippen molar-refractivity contribution in [1.82, 2.24) is 0 Å². The predicted molar refractivity (Wildman–Crippen MR) is 64.3 cm³/mol. The average Bonchev–Trinajstić information content (AvgIpc) is 2.19. The van der Waals surface area contributed by atoms with Gasteiger partial charge in [0.1, 0.15) is 0 Å². The van der Waals surface area contributed by atoms with Gasteiger partial charge in [0.2, 0.25) is 0 Å². The Kier molecular flexibility index (Phi) is 3.46. The van der Waals surface area contributed by atoms with Gasteiger partial charge in [-0.2, -0.15) is 0 Å². The van der Waals surface area contributed by atoms with Crippen molar-refractivity contribution in [3.05, 3.63) is 35.2 Å². The fourth-order valence-electron chi connectivity index (χ4n) is 1.89. The second kappa shape index (κ2) is 4.83. The molecular weight excluding hydrogens is 238 g/mol. The van der Waals surface area contributed by atoms with Crippen molar-refractivity contribution in [3.63, 3.8) is 0 Å². The first-order valence-electron chi connectivity index (χ1n) is 5.18. The Bertz CT molecular complexity index is 292. The van der Waals surface area contributed by atoms with Crippen molar-refractivity contribution in [2.24, 2.45) is 0 Å². The molecule has 1 saturated carbocycles. The highest BCUT2D eigenvalue weighted by molar-refractivity contribution is 9.10. The zero-order chi connectivity index (χ0) is 9.80. The molecule has 1 nitrogen and oxygen atoms in total. The summed E-state index contributed by atoms with van der Waals surface area (Å²) in [4.78, 5) is 0. The predicted octanol–water partition coefficient (Wildman–Crippen LogP) is 4.01. The SMILES string of the molecule is Brc1cccc(NC2C[CH]CCC2)c1. The summed E-state index contributed by atoms with van der Waals surface area (Å²) in [5.41, 5.74) is 1.22. The van der Waals surface area contributed by atoms with Crippen LogP contribution in [0.1, 0.15) is 25.7 Å². The average molecular weight is 253 g/mol. The van der Waals surface area contributed by atoms with Crippen molar-refractivity contribution < 1.29 is 0 Å². The molecule has 2 heteroatoms. The van der Waals surface area contributed by atoms with Gasteiger partial charge >= 0.3 is 0 Å². The normalized spacial score (nSPS) is 18.1. The van der Waals surface area contributed by atoms with E-state index < -0.39 is 0 Å². The van der Waals surface area contributed by atoms with Gasteiger partial charge in [0, 0.05) is 16.2 Å². The molecule has 1 fully saturated rings. The maximum atomic E-state index is 3.56. The van der Waals surface area contributed by atoms with E-state index in [9.17, 15) is 0 Å². The Morgan fingerprint density at radius 1 is 1.36 bits per heavy atom. The minimum absolute atomic E-state index is 0.637. The Morgan fingerprint density at radius 3 is 3.00 bits per heavy atom. The van der Waals surface area contributed by atoms with E-state index in [4.69, 9.17) is 0 Å². The Morgan fingerprint density at radius 2 is 2.29 bits per heavy atom. The third-order valence-electron chi connectivity index (χ3n) is 2.61. The molecule has 1 aliphatic carbocycles. The molecule has 0 saturated heterocycles. The summed E-state index contributed by atoms with van der Waals surface area (Å²) in [5, 5.41) is 3.56. The van der Waals surface area contributed by atoms with Crippen molar-refractivity contribution >= 4 is 21.6 Å². The van der Waals surface area contributed by atoms with Gasteiger partial charge in [-0.1, -0.05) is 34.8 Å². The van der Waals surface area contributed by atoms with E-state index in [0.717, 1.165) is 4.47 Å². The molecule has 1 radical (unpaired) electrons. The maximum absolute atomic E-state index is 3.56. The summed E-state index contributed by atoms with van der Waals surface area (Å²) in [6, 6.07) is 9.02. The number of halogens is 1. The van der Waals surface area contributed by atoms with Crippen LogP contribution in [0.5, 0.6) is 0 Å². The maximum Gasteiger partial charge on any atom is 0.0353 e. The minimum atomic E-state index is 0.637. The van der Waals surface area contributed by atoms with Crippen molar-refractivity contribution in [3.8, 4) is 0 Å². The van der Waals surface area contributed by atoms with Gasteiger partial charge in [-0.15, -0.1) is 0 Å². The summed E-state index contributed by atoms with van der Waals surface area (Å²) >= 11 is 3.48. The van der Waals surface area contributed by atoms with Crippen molar-refractivity contribution in [2.45, 2.75) is 31.7 Å². The first-order valence-corrected chi connectivity index (χ1v) is 5.98. The number of anilines is 1. The lowest BCUT2D eigenvalue weighted by Crippen LogP contribution is -2.22. The van der Waals surface area contributed by atoms with Crippen LogP contribution < -0.4 is 5.32 Å². The Labute approximate surface area is 94.0 Å². The summed E-state index contributed by atoms with van der Waals surface area (Å²) in [5.74, 6) is 0. The van der Waals surface area contributed by atoms with E-state index in [-0.39, 0.29) is 0 Å². The molecule has 1 aromatic carbocycles. The fraction of sp³-hybridized carbons (Fsp3) is 0.417. The number of rotatable bonds is 2. The number of nitrogens with one attached hydrogen (secondary N) is 1. The Balaban J connectivity index is 1.95. The van der Waals surface area contributed by atoms with Crippen molar-refractivity contribution in [2.75, 3.05) is 5.32 Å². The third kappa shape index (κ3) is 2.74. The summed E-state index contributed by atoms with van der Waals surface area (Å²) < 4.78 is 1.14. The molecule has 1 N–H and O–H groups in total. The molecule has 0 aromatic heterocycles. The lowest BCUT2D eigenvalue weighted by Gasteiger charge is -2.23. The van der Waals surface area contributed by atoms with Gasteiger partial charge in [0.25, 0.3) is 0 Å². The summed E-state index contributed by atoms with van der Waals surface area (Å²) in [7, 11) is 0. The van der Waals surface area contributed by atoms with Gasteiger partial charge in [0.05, 0.1) is 0 Å². The van der Waals surface area contributed by atoms with Gasteiger partial charge in [-0.05, 0) is 37.5 Å². The lowest BCUT2D eigenvalue weighted by atomic mass is 9.95. The first kappa shape index (κ1) is 10.0. The van der Waals surface area contributed by atoms with Crippen LogP contribution in [-0.4, -0.2) is 6.04 Å². The molecule has 0 spiro atoms. The molecule has 2 rings (SSSR count). The third-order valence-corrected chi connectivity index (χ3v) is 3.10. The molecule has 1 aliphatic rings. The largest absolute Gasteiger partial charge is 0.382 e. The number of benzene rings is 1. The number of hydrogen-bond donors (Lipinski definition) is 1. The topological polar surface area (TPSA) is 12.0 Å². The highest BCUT2D eigenvalue weighted by Gasteiger charge is 2.12. The van der Waals surface area contributed by atoms with Crippen LogP contribution in [0.25, 0.3) is 0 Å². The van der Waals surface area contributed by atoms with Crippen LogP contribution in [0.4, 0.5) is 5.69 Å². The van der Waals surface area contributed by atoms with E-state index >= 15 is 0 Å².